The van der Waals surface area contributed by atoms with Crippen molar-refractivity contribution in [1.82, 2.24) is 9.97 Å². The monoisotopic (exact) mass is 470 g/mol. The van der Waals surface area contributed by atoms with Crippen LogP contribution in [0.25, 0.3) is 11.5 Å². The van der Waals surface area contributed by atoms with Gasteiger partial charge in [0.25, 0.3) is 0 Å². The molecule has 0 saturated heterocycles. The van der Waals surface area contributed by atoms with Gasteiger partial charge in [-0.3, -0.25) is 0 Å². The van der Waals surface area contributed by atoms with Gasteiger partial charge in [0.2, 0.25) is 5.89 Å². The Hall–Kier alpha value is -3.97. The molecule has 2 aromatic carbocycles. The van der Waals surface area contributed by atoms with Gasteiger partial charge in [0.15, 0.2) is 5.76 Å². The van der Waals surface area contributed by atoms with Gasteiger partial charge < -0.3 is 19.0 Å². The number of carbonyl (C=O) groups excluding carboxylic acids is 1. The predicted molar refractivity (Wildman–Crippen MR) is 129 cm³/mol. The Bertz CT molecular complexity index is 1320. The van der Waals surface area contributed by atoms with Gasteiger partial charge in [0, 0.05) is 0 Å². The molecule has 0 fully saturated rings. The third-order valence-corrected chi connectivity index (χ3v) is 6.31. The molecule has 2 unspecified atom stereocenters. The molecule has 7 nitrogen and oxygen atoms in total. The van der Waals surface area contributed by atoms with Crippen LogP contribution in [-0.4, -0.2) is 28.2 Å². The molecule has 7 heteroatoms. The van der Waals surface area contributed by atoms with Gasteiger partial charge in [0.05, 0.1) is 13.3 Å². The van der Waals surface area contributed by atoms with Crippen LogP contribution in [0.4, 0.5) is 0 Å². The summed E-state index contributed by atoms with van der Waals surface area (Å²) in [6.45, 7) is 0.533. The lowest BCUT2D eigenvalue weighted by Gasteiger charge is -2.27. The van der Waals surface area contributed by atoms with E-state index < -0.39 is 12.1 Å². The quantitative estimate of drug-likeness (QED) is 0.382. The molecule has 0 bridgehead atoms. The Morgan fingerprint density at radius 2 is 1.97 bits per heavy atom. The Labute approximate surface area is 203 Å². The molecule has 0 aliphatic heterocycles. The van der Waals surface area contributed by atoms with Crippen LogP contribution >= 0.6 is 0 Å². The first-order valence-electron chi connectivity index (χ1n) is 11.6. The van der Waals surface area contributed by atoms with Crippen molar-refractivity contribution >= 4 is 5.97 Å². The first kappa shape index (κ1) is 22.8. The number of nitrogens with zero attached hydrogens (tertiary/aromatic N) is 2. The summed E-state index contributed by atoms with van der Waals surface area (Å²) in [5.41, 5.74) is 4.21. The number of aryl methyl sites for hydroxylation is 1. The van der Waals surface area contributed by atoms with Gasteiger partial charge in [-0.2, -0.15) is 0 Å². The smallest absolute Gasteiger partial charge is 0.356 e. The lowest BCUT2D eigenvalue weighted by Crippen LogP contribution is -2.21. The fourth-order valence-corrected chi connectivity index (χ4v) is 4.39. The molecule has 1 aliphatic carbocycles. The second-order valence-electron chi connectivity index (χ2n) is 8.61. The van der Waals surface area contributed by atoms with E-state index in [1.54, 1.807) is 18.2 Å². The minimum absolute atomic E-state index is 0.0144. The van der Waals surface area contributed by atoms with Crippen molar-refractivity contribution < 1.29 is 23.8 Å². The molecule has 0 saturated carbocycles. The minimum atomic E-state index is -0.838. The number of hydrogen-bond donors (Lipinski definition) is 1. The van der Waals surface area contributed by atoms with Crippen molar-refractivity contribution in [2.45, 2.75) is 32.0 Å². The van der Waals surface area contributed by atoms with Crippen molar-refractivity contribution in [2.24, 2.45) is 5.92 Å². The average molecular weight is 471 g/mol. The molecule has 2 aromatic heterocycles. The highest BCUT2D eigenvalue weighted by Gasteiger charge is 2.29. The summed E-state index contributed by atoms with van der Waals surface area (Å²) in [6.07, 6.45) is 3.06. The number of aromatic nitrogens is 2. The van der Waals surface area contributed by atoms with Gasteiger partial charge in [-0.05, 0) is 66.1 Å². The first-order valence-corrected chi connectivity index (χ1v) is 11.6. The van der Waals surface area contributed by atoms with Crippen LogP contribution in [0, 0.1) is 5.92 Å². The topological polar surface area (TPSA) is 94.7 Å². The van der Waals surface area contributed by atoms with Crippen LogP contribution in [-0.2, 0) is 24.2 Å². The maximum atomic E-state index is 11.8. The second kappa shape index (κ2) is 10.1. The van der Waals surface area contributed by atoms with E-state index in [-0.39, 0.29) is 17.5 Å². The van der Waals surface area contributed by atoms with Crippen LogP contribution < -0.4 is 4.74 Å². The number of benzene rings is 2. The highest BCUT2D eigenvalue weighted by atomic mass is 16.5. The molecule has 0 radical (unpaired) electrons. The van der Waals surface area contributed by atoms with Crippen molar-refractivity contribution in [2.75, 3.05) is 7.11 Å². The fourth-order valence-electron chi connectivity index (χ4n) is 4.39. The summed E-state index contributed by atoms with van der Waals surface area (Å²) in [5, 5.41) is 11.0. The molecular weight excluding hydrogens is 444 g/mol. The molecular formula is C28H26N2O5. The number of aliphatic hydroxyl groups is 1. The number of fused-ring (bicyclic) bond motifs is 1. The number of ether oxygens (including phenoxy) is 2. The average Bonchev–Trinajstić information content (AvgIpc) is 3.42. The minimum Gasteiger partial charge on any atom is -0.489 e. The van der Waals surface area contributed by atoms with E-state index in [2.05, 4.69) is 22.1 Å². The zero-order chi connectivity index (χ0) is 24.2. The van der Waals surface area contributed by atoms with Crippen molar-refractivity contribution in [3.63, 3.8) is 0 Å². The third kappa shape index (κ3) is 5.10. The molecule has 0 spiro atoms. The van der Waals surface area contributed by atoms with Gasteiger partial charge in [0.1, 0.15) is 29.8 Å². The fraction of sp³-hybridized carbons (Fsp3) is 0.250. The lowest BCUT2D eigenvalue weighted by molar-refractivity contribution is 0.0594. The van der Waals surface area contributed by atoms with Crippen LogP contribution in [0.2, 0.25) is 0 Å². The zero-order valence-corrected chi connectivity index (χ0v) is 19.4. The predicted octanol–water partition coefficient (Wildman–Crippen LogP) is 4.94. The Morgan fingerprint density at radius 3 is 2.80 bits per heavy atom. The molecule has 2 heterocycles. The molecule has 5 rings (SSSR count). The number of pyridine rings is 1. The summed E-state index contributed by atoms with van der Waals surface area (Å²) < 4.78 is 16.5. The van der Waals surface area contributed by atoms with E-state index in [4.69, 9.17) is 13.9 Å². The molecule has 35 heavy (non-hydrogen) atoms. The third-order valence-electron chi connectivity index (χ3n) is 6.31. The number of rotatable bonds is 7. The molecule has 2 atom stereocenters. The van der Waals surface area contributed by atoms with Crippen LogP contribution in [0.3, 0.4) is 0 Å². The van der Waals surface area contributed by atoms with E-state index in [0.717, 1.165) is 30.6 Å². The van der Waals surface area contributed by atoms with Gasteiger partial charge in [-0.25, -0.2) is 14.8 Å². The van der Waals surface area contributed by atoms with E-state index in [1.807, 2.05) is 36.4 Å². The van der Waals surface area contributed by atoms with Crippen LogP contribution in [0.15, 0.2) is 77.3 Å². The number of carbonyl (C=O) groups is 1. The second-order valence-corrected chi connectivity index (χ2v) is 8.61. The van der Waals surface area contributed by atoms with Gasteiger partial charge in [-0.15, -0.1) is 0 Å². The summed E-state index contributed by atoms with van der Waals surface area (Å²) in [5.74, 6) is 0.953. The number of hydrogen-bond acceptors (Lipinski definition) is 7. The molecule has 4 aromatic rings. The van der Waals surface area contributed by atoms with Crippen molar-refractivity contribution in [3.05, 3.63) is 101 Å². The van der Waals surface area contributed by atoms with E-state index >= 15 is 0 Å². The zero-order valence-electron chi connectivity index (χ0n) is 19.4. The van der Waals surface area contributed by atoms with E-state index in [0.29, 0.717) is 18.1 Å². The number of aliphatic hydroxyl groups excluding tert-OH is 1. The van der Waals surface area contributed by atoms with Crippen molar-refractivity contribution in [3.8, 4) is 17.2 Å². The summed E-state index contributed by atoms with van der Waals surface area (Å²) in [6, 6.07) is 21.2. The van der Waals surface area contributed by atoms with Crippen LogP contribution in [0.5, 0.6) is 5.75 Å². The summed E-state index contributed by atoms with van der Waals surface area (Å²) in [7, 11) is 1.31. The lowest BCUT2D eigenvalue weighted by atomic mass is 9.81. The molecule has 1 N–H and O–H groups in total. The largest absolute Gasteiger partial charge is 0.489 e. The van der Waals surface area contributed by atoms with Gasteiger partial charge >= 0.3 is 5.97 Å². The highest BCUT2D eigenvalue weighted by Crippen LogP contribution is 2.36. The molecule has 178 valence electrons. The number of esters is 1. The first-order chi connectivity index (χ1) is 17.1. The SMILES string of the molecule is COC(=O)c1cccc(-c2cnc(C(O)C3CCc4cc(OCc5ccccc5)ccc4C3)o2)n1. The van der Waals surface area contributed by atoms with E-state index in [9.17, 15) is 9.90 Å². The Balaban J connectivity index is 1.25. The van der Waals surface area contributed by atoms with Crippen molar-refractivity contribution in [1.29, 1.82) is 0 Å². The highest BCUT2D eigenvalue weighted by molar-refractivity contribution is 5.87. The normalized spacial score (nSPS) is 15.8. The molecule has 0 amide bonds. The number of methoxy groups -OCH3 is 1. The summed E-state index contributed by atoms with van der Waals surface area (Å²) >= 11 is 0. The summed E-state index contributed by atoms with van der Waals surface area (Å²) in [4.78, 5) is 20.3. The standard InChI is InChI=1S/C28H26N2O5/c1-33-28(32)24-9-5-8-23(30-24)25-16-29-27(35-25)26(31)21-11-10-20-15-22(13-12-19(20)14-21)34-17-18-6-3-2-4-7-18/h2-9,12-13,15-16,21,26,31H,10-11,14,17H2,1H3. The maximum absolute atomic E-state index is 11.8. The van der Waals surface area contributed by atoms with E-state index in [1.165, 1.54) is 24.4 Å². The van der Waals surface area contributed by atoms with Crippen LogP contribution in [0.1, 0.15) is 45.6 Å². The molecule has 1 aliphatic rings. The Kier molecular flexibility index (Phi) is 6.59. The maximum Gasteiger partial charge on any atom is 0.356 e. The number of oxazole rings is 1. The Morgan fingerprint density at radius 1 is 1.11 bits per heavy atom. The van der Waals surface area contributed by atoms with Gasteiger partial charge in [-0.1, -0.05) is 42.5 Å².